The highest BCUT2D eigenvalue weighted by molar-refractivity contribution is 7.98. The van der Waals surface area contributed by atoms with Crippen molar-refractivity contribution in [3.8, 4) is 0 Å². The molecule has 0 aromatic carbocycles. The molecule has 1 aromatic heterocycles. The molecule has 1 nitrogen and oxygen atoms in total. The molecule has 13 heavy (non-hydrogen) atoms. The first-order valence-electron chi connectivity index (χ1n) is 4.47. The Hall–Kier alpha value is -0.630. The van der Waals surface area contributed by atoms with Crippen molar-refractivity contribution < 1.29 is 4.42 Å². The van der Waals surface area contributed by atoms with E-state index in [9.17, 15) is 0 Å². The zero-order valence-corrected chi connectivity index (χ0v) is 9.28. The fourth-order valence-electron chi connectivity index (χ4n) is 1.12. The van der Waals surface area contributed by atoms with Gasteiger partial charge in [-0.15, -0.1) is 0 Å². The number of aryl methyl sites for hydroxylation is 1. The van der Waals surface area contributed by atoms with Crippen LogP contribution in [-0.4, -0.2) is 6.26 Å². The van der Waals surface area contributed by atoms with Gasteiger partial charge in [0.05, 0.1) is 6.26 Å². The van der Waals surface area contributed by atoms with Crippen molar-refractivity contribution in [3.63, 3.8) is 0 Å². The summed E-state index contributed by atoms with van der Waals surface area (Å²) in [6, 6.07) is 2.11. The highest BCUT2D eigenvalue weighted by atomic mass is 32.2. The summed E-state index contributed by atoms with van der Waals surface area (Å²) >= 11 is 1.65. The zero-order chi connectivity index (χ0) is 9.68. The van der Waals surface area contributed by atoms with Crippen LogP contribution in [0.25, 0.3) is 0 Å². The van der Waals surface area contributed by atoms with E-state index in [0.717, 1.165) is 17.9 Å². The lowest BCUT2D eigenvalue weighted by Gasteiger charge is -1.91. The monoisotopic (exact) mass is 196 g/mol. The summed E-state index contributed by atoms with van der Waals surface area (Å²) in [4.78, 5) is 0. The minimum absolute atomic E-state index is 1.01. The largest absolute Gasteiger partial charge is 0.458 e. The van der Waals surface area contributed by atoms with Crippen molar-refractivity contribution in [2.75, 3.05) is 6.26 Å². The minimum atomic E-state index is 1.01. The minimum Gasteiger partial charge on any atom is -0.458 e. The molecule has 0 N–H and O–H groups in total. The molecule has 72 valence electrons. The average Bonchev–Trinajstić information content (AvgIpc) is 2.52. The fraction of sp³-hybridized carbons (Fsp3) is 0.455. The van der Waals surface area contributed by atoms with Gasteiger partial charge in [-0.2, -0.15) is 0 Å². The lowest BCUT2D eigenvalue weighted by Crippen LogP contribution is -1.78. The second kappa shape index (κ2) is 5.18. The van der Waals surface area contributed by atoms with Crippen LogP contribution >= 0.6 is 11.8 Å². The summed E-state index contributed by atoms with van der Waals surface area (Å²) in [5.74, 6) is 0. The van der Waals surface area contributed by atoms with E-state index in [2.05, 4.69) is 26.0 Å². The predicted octanol–water partition coefficient (Wildman–Crippen LogP) is 3.90. The van der Waals surface area contributed by atoms with Gasteiger partial charge in [-0.3, -0.25) is 0 Å². The Bertz CT molecular complexity index is 282. The maximum atomic E-state index is 5.31. The third kappa shape index (κ3) is 3.73. The number of hydrogen-bond donors (Lipinski definition) is 0. The van der Waals surface area contributed by atoms with E-state index in [-0.39, 0.29) is 0 Å². The van der Waals surface area contributed by atoms with E-state index >= 15 is 0 Å². The second-order valence-corrected chi connectivity index (χ2v) is 4.11. The van der Waals surface area contributed by atoms with Crippen LogP contribution in [0.1, 0.15) is 25.8 Å². The second-order valence-electron chi connectivity index (χ2n) is 3.30. The molecule has 0 fully saturated rings. The molecule has 0 saturated carbocycles. The van der Waals surface area contributed by atoms with Gasteiger partial charge < -0.3 is 4.42 Å². The van der Waals surface area contributed by atoms with E-state index < -0.39 is 0 Å². The molecule has 1 rings (SSSR count). The molecular formula is C11H16OS. The summed E-state index contributed by atoms with van der Waals surface area (Å²) in [7, 11) is 0. The van der Waals surface area contributed by atoms with Crippen LogP contribution in [0.4, 0.5) is 0 Å². The standard InChI is InChI=1S/C11H16OS/c1-9(2)5-4-6-10-7-11(13-3)12-8-10/h5,7-8H,4,6H2,1-3H3. The summed E-state index contributed by atoms with van der Waals surface area (Å²) in [6.45, 7) is 4.26. The molecule has 0 amide bonds. The summed E-state index contributed by atoms with van der Waals surface area (Å²) in [6.07, 6.45) is 8.32. The summed E-state index contributed by atoms with van der Waals surface area (Å²) < 4.78 is 5.31. The van der Waals surface area contributed by atoms with Crippen LogP contribution in [0.5, 0.6) is 0 Å². The predicted molar refractivity (Wildman–Crippen MR) is 58.2 cm³/mol. The summed E-state index contributed by atoms with van der Waals surface area (Å²) in [5, 5.41) is 1.01. The van der Waals surface area contributed by atoms with Crippen molar-refractivity contribution in [1.82, 2.24) is 0 Å². The lowest BCUT2D eigenvalue weighted by molar-refractivity contribution is 0.473. The molecule has 1 aromatic rings. The lowest BCUT2D eigenvalue weighted by atomic mass is 10.1. The topological polar surface area (TPSA) is 13.1 Å². The molecule has 0 aliphatic rings. The van der Waals surface area contributed by atoms with Gasteiger partial charge in [0.15, 0.2) is 5.09 Å². The fourth-order valence-corrected chi connectivity index (χ4v) is 1.53. The molecule has 0 spiro atoms. The Morgan fingerprint density at radius 1 is 1.54 bits per heavy atom. The molecule has 0 unspecified atom stereocenters. The Balaban J connectivity index is 2.41. The zero-order valence-electron chi connectivity index (χ0n) is 8.46. The van der Waals surface area contributed by atoms with E-state index in [1.54, 1.807) is 11.8 Å². The van der Waals surface area contributed by atoms with E-state index in [1.165, 1.54) is 11.1 Å². The van der Waals surface area contributed by atoms with Gasteiger partial charge in [0.1, 0.15) is 0 Å². The highest BCUT2D eigenvalue weighted by Gasteiger charge is 1.98. The van der Waals surface area contributed by atoms with Crippen molar-refractivity contribution in [1.29, 1.82) is 0 Å². The molecule has 0 saturated heterocycles. The van der Waals surface area contributed by atoms with Crippen LogP contribution in [0.2, 0.25) is 0 Å². The van der Waals surface area contributed by atoms with E-state index in [0.29, 0.717) is 0 Å². The number of allylic oxidation sites excluding steroid dienone is 2. The number of rotatable bonds is 4. The first-order valence-corrected chi connectivity index (χ1v) is 5.69. The molecule has 0 aliphatic heterocycles. The van der Waals surface area contributed by atoms with Gasteiger partial charge in [0.25, 0.3) is 0 Å². The van der Waals surface area contributed by atoms with Crippen molar-refractivity contribution >= 4 is 11.8 Å². The van der Waals surface area contributed by atoms with Crippen LogP contribution in [0.15, 0.2) is 33.5 Å². The number of hydrogen-bond acceptors (Lipinski definition) is 2. The van der Waals surface area contributed by atoms with Crippen molar-refractivity contribution in [3.05, 3.63) is 29.5 Å². The molecule has 0 aliphatic carbocycles. The summed E-state index contributed by atoms with van der Waals surface area (Å²) in [5.41, 5.74) is 2.68. The first kappa shape index (κ1) is 10.5. The first-order chi connectivity index (χ1) is 6.22. The molecule has 0 radical (unpaired) electrons. The van der Waals surface area contributed by atoms with Crippen LogP contribution in [0, 0.1) is 0 Å². The van der Waals surface area contributed by atoms with Gasteiger partial charge in [-0.25, -0.2) is 0 Å². The van der Waals surface area contributed by atoms with E-state index in [4.69, 9.17) is 4.42 Å². The average molecular weight is 196 g/mol. The number of furan rings is 1. The van der Waals surface area contributed by atoms with Crippen molar-refractivity contribution in [2.45, 2.75) is 31.8 Å². The quantitative estimate of drug-likeness (QED) is 0.535. The van der Waals surface area contributed by atoms with Crippen molar-refractivity contribution in [2.24, 2.45) is 0 Å². The Morgan fingerprint density at radius 2 is 2.31 bits per heavy atom. The molecule has 2 heteroatoms. The van der Waals surface area contributed by atoms with Crippen LogP contribution in [-0.2, 0) is 6.42 Å². The maximum Gasteiger partial charge on any atom is 0.160 e. The Kier molecular flexibility index (Phi) is 4.16. The molecule has 0 atom stereocenters. The third-order valence-electron chi connectivity index (χ3n) is 1.82. The van der Waals surface area contributed by atoms with Gasteiger partial charge in [-0.1, -0.05) is 23.4 Å². The van der Waals surface area contributed by atoms with Gasteiger partial charge in [0.2, 0.25) is 0 Å². The van der Waals surface area contributed by atoms with Crippen LogP contribution < -0.4 is 0 Å². The molecular weight excluding hydrogens is 180 g/mol. The van der Waals surface area contributed by atoms with Gasteiger partial charge >= 0.3 is 0 Å². The Morgan fingerprint density at radius 3 is 2.85 bits per heavy atom. The SMILES string of the molecule is CSc1cc(CCC=C(C)C)co1. The Labute approximate surface area is 84.2 Å². The van der Waals surface area contributed by atoms with Gasteiger partial charge in [-0.05, 0) is 44.6 Å². The van der Waals surface area contributed by atoms with E-state index in [1.807, 2.05) is 12.5 Å². The molecule has 1 heterocycles. The third-order valence-corrected chi connectivity index (χ3v) is 2.43. The number of thioether (sulfide) groups is 1. The van der Waals surface area contributed by atoms with Gasteiger partial charge in [0, 0.05) is 0 Å². The smallest absolute Gasteiger partial charge is 0.160 e. The maximum absolute atomic E-state index is 5.31. The van der Waals surface area contributed by atoms with Crippen LogP contribution in [0.3, 0.4) is 0 Å². The molecule has 0 bridgehead atoms. The normalized spacial score (nSPS) is 10.1. The highest BCUT2D eigenvalue weighted by Crippen LogP contribution is 2.18.